The molecule has 2 N–H and O–H groups in total. The third-order valence-corrected chi connectivity index (χ3v) is 4.30. The van der Waals surface area contributed by atoms with Crippen molar-refractivity contribution in [3.63, 3.8) is 0 Å². The Morgan fingerprint density at radius 3 is 2.41 bits per heavy atom. The van der Waals surface area contributed by atoms with Gasteiger partial charge in [0.05, 0.1) is 18.8 Å². The topological polar surface area (TPSA) is 65.7 Å². The minimum atomic E-state index is 0.546. The average Bonchev–Trinajstić information content (AvgIpc) is 3.20. The van der Waals surface area contributed by atoms with Gasteiger partial charge in [-0.1, -0.05) is 42.5 Å². The maximum absolute atomic E-state index is 5.60. The van der Waals surface area contributed by atoms with Crippen molar-refractivity contribution in [3.05, 3.63) is 77.7 Å². The van der Waals surface area contributed by atoms with Gasteiger partial charge in [-0.05, 0) is 44.3 Å². The maximum atomic E-state index is 5.60. The smallest absolute Gasteiger partial charge is 0.226 e. The number of oxazole rings is 1. The summed E-state index contributed by atoms with van der Waals surface area (Å²) in [5.74, 6) is 1.39. The number of aromatic nitrogens is 1. The monoisotopic (exact) mass is 391 g/mol. The Labute approximate surface area is 172 Å². The van der Waals surface area contributed by atoms with Crippen LogP contribution >= 0.6 is 0 Å². The van der Waals surface area contributed by atoms with E-state index >= 15 is 0 Å². The van der Waals surface area contributed by atoms with Crippen LogP contribution in [0.25, 0.3) is 11.5 Å². The molecule has 0 saturated carbocycles. The number of nitrogens with zero attached hydrogens (tertiary/aromatic N) is 3. The van der Waals surface area contributed by atoms with Gasteiger partial charge < -0.3 is 20.0 Å². The highest BCUT2D eigenvalue weighted by molar-refractivity contribution is 5.79. The fourth-order valence-corrected chi connectivity index (χ4v) is 2.90. The van der Waals surface area contributed by atoms with E-state index in [1.165, 1.54) is 11.1 Å². The summed E-state index contributed by atoms with van der Waals surface area (Å²) in [6, 6.07) is 18.5. The summed E-state index contributed by atoms with van der Waals surface area (Å²) >= 11 is 0. The van der Waals surface area contributed by atoms with Crippen LogP contribution in [-0.4, -0.2) is 36.5 Å². The van der Waals surface area contributed by atoms with Crippen LogP contribution in [0.1, 0.15) is 23.7 Å². The number of aliphatic imine (C=N–C) groups is 1. The van der Waals surface area contributed by atoms with Gasteiger partial charge in [0.25, 0.3) is 0 Å². The average molecular weight is 392 g/mol. The van der Waals surface area contributed by atoms with E-state index in [0.29, 0.717) is 19.0 Å². The van der Waals surface area contributed by atoms with Crippen LogP contribution < -0.4 is 10.6 Å². The van der Waals surface area contributed by atoms with Crippen molar-refractivity contribution in [2.24, 2.45) is 4.99 Å². The van der Waals surface area contributed by atoms with Gasteiger partial charge in [0.15, 0.2) is 5.96 Å². The van der Waals surface area contributed by atoms with Crippen molar-refractivity contribution in [1.82, 2.24) is 20.5 Å². The number of hydrogen-bond acceptors (Lipinski definition) is 4. The molecular formula is C23H29N5O. The van der Waals surface area contributed by atoms with Gasteiger partial charge in [0.1, 0.15) is 6.26 Å². The molecule has 0 fully saturated rings. The fraction of sp³-hybridized carbons (Fsp3) is 0.304. The Kier molecular flexibility index (Phi) is 7.41. The molecule has 0 bridgehead atoms. The van der Waals surface area contributed by atoms with Gasteiger partial charge in [-0.3, -0.25) is 0 Å². The van der Waals surface area contributed by atoms with E-state index in [1.54, 1.807) is 6.26 Å². The van der Waals surface area contributed by atoms with Gasteiger partial charge >= 0.3 is 0 Å². The molecule has 0 saturated heterocycles. The van der Waals surface area contributed by atoms with E-state index in [0.717, 1.165) is 30.3 Å². The van der Waals surface area contributed by atoms with Crippen molar-refractivity contribution in [3.8, 4) is 11.5 Å². The lowest BCUT2D eigenvalue weighted by molar-refractivity contribution is 0.402. The van der Waals surface area contributed by atoms with E-state index in [1.807, 2.05) is 30.3 Å². The van der Waals surface area contributed by atoms with Gasteiger partial charge in [-0.15, -0.1) is 0 Å². The quantitative estimate of drug-likeness (QED) is 0.453. The van der Waals surface area contributed by atoms with Crippen LogP contribution in [0.15, 0.2) is 70.3 Å². The van der Waals surface area contributed by atoms with Crippen molar-refractivity contribution in [2.75, 3.05) is 20.6 Å². The highest BCUT2D eigenvalue weighted by Crippen LogP contribution is 2.17. The lowest BCUT2D eigenvalue weighted by Gasteiger charge is -2.11. The number of nitrogens with one attached hydrogen (secondary N) is 2. The lowest BCUT2D eigenvalue weighted by atomic mass is 10.1. The number of rotatable bonds is 8. The predicted molar refractivity (Wildman–Crippen MR) is 117 cm³/mol. The molecule has 3 aromatic rings. The second kappa shape index (κ2) is 10.4. The van der Waals surface area contributed by atoms with Crippen molar-refractivity contribution in [1.29, 1.82) is 0 Å². The summed E-state index contributed by atoms with van der Waals surface area (Å²) in [6.45, 7) is 4.95. The molecule has 0 aliphatic heterocycles. The Balaban J connectivity index is 1.57. The Bertz CT molecular complexity index is 901. The summed E-state index contributed by atoms with van der Waals surface area (Å²) in [4.78, 5) is 11.4. The zero-order valence-corrected chi connectivity index (χ0v) is 17.4. The minimum absolute atomic E-state index is 0.546. The molecule has 1 aromatic heterocycles. The SMILES string of the molecule is CCNC(=NCc1ccc(CN(C)C)cc1)NCc1coc(-c2ccccc2)n1. The normalized spacial score (nSPS) is 11.7. The molecule has 0 unspecified atom stereocenters. The molecule has 3 rings (SSSR count). The second-order valence-corrected chi connectivity index (χ2v) is 7.11. The number of guanidine groups is 1. The molecule has 0 aliphatic rings. The second-order valence-electron chi connectivity index (χ2n) is 7.11. The van der Waals surface area contributed by atoms with E-state index in [2.05, 4.69) is 70.8 Å². The van der Waals surface area contributed by atoms with Crippen LogP contribution in [0.5, 0.6) is 0 Å². The summed E-state index contributed by atoms with van der Waals surface area (Å²) in [6.07, 6.45) is 1.68. The van der Waals surface area contributed by atoms with Crippen molar-refractivity contribution < 1.29 is 4.42 Å². The molecule has 0 aliphatic carbocycles. The summed E-state index contributed by atoms with van der Waals surface area (Å²) in [5, 5.41) is 6.59. The molecular weight excluding hydrogens is 362 g/mol. The van der Waals surface area contributed by atoms with Crippen LogP contribution in [0.3, 0.4) is 0 Å². The molecule has 6 heteroatoms. The number of hydrogen-bond donors (Lipinski definition) is 2. The molecule has 0 amide bonds. The summed E-state index contributed by atoms with van der Waals surface area (Å²) < 4.78 is 5.60. The Hall–Kier alpha value is -3.12. The Morgan fingerprint density at radius 2 is 1.72 bits per heavy atom. The third kappa shape index (κ3) is 6.47. The molecule has 6 nitrogen and oxygen atoms in total. The molecule has 0 spiro atoms. The van der Waals surface area contributed by atoms with Crippen molar-refractivity contribution in [2.45, 2.75) is 26.6 Å². The minimum Gasteiger partial charge on any atom is -0.444 e. The number of benzene rings is 2. The van der Waals surface area contributed by atoms with E-state index < -0.39 is 0 Å². The van der Waals surface area contributed by atoms with Crippen LogP contribution in [0.4, 0.5) is 0 Å². The maximum Gasteiger partial charge on any atom is 0.226 e. The van der Waals surface area contributed by atoms with Gasteiger partial charge in [-0.2, -0.15) is 0 Å². The molecule has 2 aromatic carbocycles. The van der Waals surface area contributed by atoms with Gasteiger partial charge in [-0.25, -0.2) is 9.98 Å². The van der Waals surface area contributed by atoms with Crippen LogP contribution in [0.2, 0.25) is 0 Å². The molecule has 1 heterocycles. The molecule has 0 radical (unpaired) electrons. The zero-order chi connectivity index (χ0) is 20.5. The first kappa shape index (κ1) is 20.6. The summed E-state index contributed by atoms with van der Waals surface area (Å²) in [5.41, 5.74) is 4.28. The first-order valence-electron chi connectivity index (χ1n) is 9.88. The van der Waals surface area contributed by atoms with Gasteiger partial charge in [0.2, 0.25) is 5.89 Å². The van der Waals surface area contributed by atoms with Crippen molar-refractivity contribution >= 4 is 5.96 Å². The van der Waals surface area contributed by atoms with Crippen LogP contribution in [-0.2, 0) is 19.6 Å². The first-order chi connectivity index (χ1) is 14.1. The lowest BCUT2D eigenvalue weighted by Crippen LogP contribution is -2.36. The standard InChI is InChI=1S/C23H29N5O/c1-4-24-23(25-14-18-10-12-19(13-11-18)16-28(2)3)26-15-21-17-29-22(27-21)20-8-6-5-7-9-20/h5-13,17H,4,14-16H2,1-3H3,(H2,24,25,26). The molecule has 29 heavy (non-hydrogen) atoms. The fourth-order valence-electron chi connectivity index (χ4n) is 2.90. The van der Waals surface area contributed by atoms with E-state index in [-0.39, 0.29) is 0 Å². The van der Waals surface area contributed by atoms with Crippen LogP contribution in [0, 0.1) is 0 Å². The van der Waals surface area contributed by atoms with E-state index in [4.69, 9.17) is 4.42 Å². The highest BCUT2D eigenvalue weighted by atomic mass is 16.3. The summed E-state index contributed by atoms with van der Waals surface area (Å²) in [7, 11) is 4.15. The Morgan fingerprint density at radius 1 is 1.00 bits per heavy atom. The third-order valence-electron chi connectivity index (χ3n) is 4.30. The predicted octanol–water partition coefficient (Wildman–Crippen LogP) is 3.66. The largest absolute Gasteiger partial charge is 0.444 e. The highest BCUT2D eigenvalue weighted by Gasteiger charge is 2.07. The zero-order valence-electron chi connectivity index (χ0n) is 17.4. The van der Waals surface area contributed by atoms with E-state index in [9.17, 15) is 0 Å². The molecule has 152 valence electrons. The molecule has 0 atom stereocenters. The first-order valence-corrected chi connectivity index (χ1v) is 9.88. The van der Waals surface area contributed by atoms with Gasteiger partial charge in [0, 0.05) is 18.7 Å².